The van der Waals surface area contributed by atoms with Gasteiger partial charge in [0.05, 0.1) is 12.4 Å². The van der Waals surface area contributed by atoms with Gasteiger partial charge in [-0.1, -0.05) is 37.7 Å². The van der Waals surface area contributed by atoms with Crippen molar-refractivity contribution in [1.82, 2.24) is 25.5 Å². The molecule has 0 fully saturated rings. The second-order valence-corrected chi connectivity index (χ2v) is 7.49. The molecule has 1 aromatic carbocycles. The highest BCUT2D eigenvalue weighted by Gasteiger charge is 2.18. The molecular weight excluding hydrogens is 338 g/mol. The van der Waals surface area contributed by atoms with Crippen LogP contribution in [0.1, 0.15) is 26.3 Å². The van der Waals surface area contributed by atoms with Crippen molar-refractivity contribution in [3.05, 3.63) is 29.8 Å². The lowest BCUT2D eigenvalue weighted by atomic mass is 10.1. The lowest BCUT2D eigenvalue weighted by Gasteiger charge is -2.12. The molecule has 7 nitrogen and oxygen atoms in total. The van der Waals surface area contributed by atoms with E-state index in [4.69, 9.17) is 4.74 Å². The number of nitrogens with zero attached hydrogens (tertiary/aromatic N) is 4. The Labute approximate surface area is 152 Å². The highest BCUT2D eigenvalue weighted by atomic mass is 32.2. The van der Waals surface area contributed by atoms with Gasteiger partial charge in [0.1, 0.15) is 5.75 Å². The van der Waals surface area contributed by atoms with E-state index in [2.05, 4.69) is 34.7 Å². The van der Waals surface area contributed by atoms with E-state index in [0.717, 1.165) is 24.3 Å². The van der Waals surface area contributed by atoms with Crippen molar-refractivity contribution in [2.75, 3.05) is 13.7 Å². The molecule has 1 atom stereocenters. The molecule has 1 amide bonds. The number of hydrogen-bond donors (Lipinski definition) is 1. The van der Waals surface area contributed by atoms with E-state index in [1.54, 1.807) is 11.8 Å². The lowest BCUT2D eigenvalue weighted by Crippen LogP contribution is -2.32. The summed E-state index contributed by atoms with van der Waals surface area (Å²) in [6, 6.07) is 7.85. The molecule has 25 heavy (non-hydrogen) atoms. The van der Waals surface area contributed by atoms with Gasteiger partial charge in [0.15, 0.2) is 0 Å². The number of ether oxygens (including phenoxy) is 1. The summed E-state index contributed by atoms with van der Waals surface area (Å²) < 4.78 is 6.88. The first-order valence-electron chi connectivity index (χ1n) is 8.33. The standard InChI is InChI=1S/C17H25N5O2S/c1-12(2)11-22-17(19-20-21-22)25-13(3)16(23)18-10-9-14-5-7-15(24-4)8-6-14/h5-8,12-13H,9-11H2,1-4H3,(H,18,23). The summed E-state index contributed by atoms with van der Waals surface area (Å²) in [6.45, 7) is 7.40. The zero-order valence-electron chi connectivity index (χ0n) is 15.1. The van der Waals surface area contributed by atoms with E-state index in [0.29, 0.717) is 17.6 Å². The molecule has 0 radical (unpaired) electrons. The van der Waals surface area contributed by atoms with Crippen molar-refractivity contribution in [3.63, 3.8) is 0 Å². The summed E-state index contributed by atoms with van der Waals surface area (Å²) >= 11 is 1.38. The smallest absolute Gasteiger partial charge is 0.233 e. The summed E-state index contributed by atoms with van der Waals surface area (Å²) in [7, 11) is 1.64. The Balaban J connectivity index is 1.79. The van der Waals surface area contributed by atoms with Gasteiger partial charge in [-0.3, -0.25) is 4.79 Å². The molecule has 2 rings (SSSR count). The number of benzene rings is 1. The number of aromatic nitrogens is 4. The Morgan fingerprint density at radius 1 is 1.28 bits per heavy atom. The fourth-order valence-corrected chi connectivity index (χ4v) is 3.04. The number of amides is 1. The number of rotatable bonds is 9. The fraction of sp³-hybridized carbons (Fsp3) is 0.529. The van der Waals surface area contributed by atoms with Gasteiger partial charge in [-0.25, -0.2) is 4.68 Å². The van der Waals surface area contributed by atoms with E-state index in [1.807, 2.05) is 31.2 Å². The van der Waals surface area contributed by atoms with Gasteiger partial charge in [-0.05, 0) is 47.4 Å². The Kier molecular flexibility index (Phi) is 7.24. The van der Waals surface area contributed by atoms with Gasteiger partial charge in [0.25, 0.3) is 0 Å². The normalized spacial score (nSPS) is 12.2. The highest BCUT2D eigenvalue weighted by Crippen LogP contribution is 2.20. The van der Waals surface area contributed by atoms with Crippen LogP contribution in [0.2, 0.25) is 0 Å². The third kappa shape index (κ3) is 6.04. The molecule has 1 heterocycles. The van der Waals surface area contributed by atoms with Crippen molar-refractivity contribution >= 4 is 17.7 Å². The number of carbonyl (C=O) groups excluding carboxylic acids is 1. The Hall–Kier alpha value is -2.09. The maximum Gasteiger partial charge on any atom is 0.233 e. The minimum atomic E-state index is -0.257. The monoisotopic (exact) mass is 363 g/mol. The molecule has 0 saturated heterocycles. The quantitative estimate of drug-likeness (QED) is 0.688. The number of thioether (sulfide) groups is 1. The Morgan fingerprint density at radius 2 is 2.00 bits per heavy atom. The molecule has 136 valence electrons. The average Bonchev–Trinajstić information content (AvgIpc) is 3.01. The molecule has 1 N–H and O–H groups in total. The van der Waals surface area contributed by atoms with Gasteiger partial charge >= 0.3 is 0 Å². The average molecular weight is 363 g/mol. The lowest BCUT2D eigenvalue weighted by molar-refractivity contribution is -0.120. The van der Waals surface area contributed by atoms with Crippen LogP contribution in [0.4, 0.5) is 0 Å². The van der Waals surface area contributed by atoms with E-state index in [1.165, 1.54) is 11.8 Å². The highest BCUT2D eigenvalue weighted by molar-refractivity contribution is 8.00. The van der Waals surface area contributed by atoms with Crippen molar-refractivity contribution in [2.24, 2.45) is 5.92 Å². The van der Waals surface area contributed by atoms with E-state index in [9.17, 15) is 4.79 Å². The number of methoxy groups -OCH3 is 1. The number of tetrazole rings is 1. The molecule has 0 spiro atoms. The first-order valence-corrected chi connectivity index (χ1v) is 9.21. The maximum atomic E-state index is 12.3. The topological polar surface area (TPSA) is 81.9 Å². The molecule has 0 aliphatic rings. The molecule has 1 unspecified atom stereocenters. The molecule has 0 saturated carbocycles. The predicted octanol–water partition coefficient (Wildman–Crippen LogP) is 2.18. The second-order valence-electron chi connectivity index (χ2n) is 6.19. The van der Waals surface area contributed by atoms with E-state index < -0.39 is 0 Å². The van der Waals surface area contributed by atoms with Crippen LogP contribution in [0, 0.1) is 5.92 Å². The van der Waals surface area contributed by atoms with Crippen LogP contribution >= 0.6 is 11.8 Å². The summed E-state index contributed by atoms with van der Waals surface area (Å²) in [5.74, 6) is 1.26. The molecule has 8 heteroatoms. The van der Waals surface area contributed by atoms with Gasteiger partial charge in [0.2, 0.25) is 11.1 Å². The zero-order chi connectivity index (χ0) is 18.2. The van der Waals surface area contributed by atoms with Crippen LogP contribution in [0.3, 0.4) is 0 Å². The van der Waals surface area contributed by atoms with Gasteiger partial charge < -0.3 is 10.1 Å². The van der Waals surface area contributed by atoms with Crippen LogP contribution in [-0.2, 0) is 17.8 Å². The Bertz CT molecular complexity index is 672. The molecule has 2 aromatic rings. The number of nitrogens with one attached hydrogen (secondary N) is 1. The number of carbonyl (C=O) groups is 1. The van der Waals surface area contributed by atoms with Crippen molar-refractivity contribution < 1.29 is 9.53 Å². The van der Waals surface area contributed by atoms with Gasteiger partial charge in [-0.15, -0.1) is 5.10 Å². The molecular formula is C17H25N5O2S. The SMILES string of the molecule is COc1ccc(CCNC(=O)C(C)Sc2nnnn2CC(C)C)cc1. The summed E-state index contributed by atoms with van der Waals surface area (Å²) in [6.07, 6.45) is 0.776. The molecule has 0 bridgehead atoms. The van der Waals surface area contributed by atoms with Crippen LogP contribution in [0.15, 0.2) is 29.4 Å². The van der Waals surface area contributed by atoms with Crippen LogP contribution in [0.5, 0.6) is 5.75 Å². The second kappa shape index (κ2) is 9.41. The summed E-state index contributed by atoms with van der Waals surface area (Å²) in [5, 5.41) is 15.1. The van der Waals surface area contributed by atoms with Crippen LogP contribution < -0.4 is 10.1 Å². The fourth-order valence-electron chi connectivity index (χ4n) is 2.22. The summed E-state index contributed by atoms with van der Waals surface area (Å²) in [5.41, 5.74) is 1.15. The van der Waals surface area contributed by atoms with Crippen molar-refractivity contribution in [2.45, 2.75) is 44.1 Å². The largest absolute Gasteiger partial charge is 0.497 e. The third-order valence-corrected chi connectivity index (χ3v) is 4.63. The van der Waals surface area contributed by atoms with Crippen molar-refractivity contribution in [1.29, 1.82) is 0 Å². The van der Waals surface area contributed by atoms with E-state index >= 15 is 0 Å². The van der Waals surface area contributed by atoms with Crippen LogP contribution in [-0.4, -0.2) is 45.0 Å². The van der Waals surface area contributed by atoms with Crippen LogP contribution in [0.25, 0.3) is 0 Å². The maximum absolute atomic E-state index is 12.3. The first-order chi connectivity index (χ1) is 12.0. The molecule has 1 aromatic heterocycles. The van der Waals surface area contributed by atoms with Gasteiger partial charge in [0, 0.05) is 13.1 Å². The molecule has 0 aliphatic heterocycles. The third-order valence-electron chi connectivity index (χ3n) is 3.56. The molecule has 0 aliphatic carbocycles. The number of hydrogen-bond acceptors (Lipinski definition) is 6. The zero-order valence-corrected chi connectivity index (χ0v) is 15.9. The minimum absolute atomic E-state index is 0.0161. The van der Waals surface area contributed by atoms with Crippen molar-refractivity contribution in [3.8, 4) is 5.75 Å². The van der Waals surface area contributed by atoms with Gasteiger partial charge in [-0.2, -0.15) is 0 Å². The predicted molar refractivity (Wildman–Crippen MR) is 97.7 cm³/mol. The summed E-state index contributed by atoms with van der Waals surface area (Å²) in [4.78, 5) is 12.3. The van der Waals surface area contributed by atoms with E-state index in [-0.39, 0.29) is 11.2 Å². The first kappa shape index (κ1) is 19.2. The minimum Gasteiger partial charge on any atom is -0.497 e. The Morgan fingerprint density at radius 3 is 2.64 bits per heavy atom.